The molecule has 0 amide bonds. The van der Waals surface area contributed by atoms with Crippen LogP contribution in [0.3, 0.4) is 0 Å². The van der Waals surface area contributed by atoms with E-state index in [0.29, 0.717) is 5.56 Å². The number of rotatable bonds is 2. The van der Waals surface area contributed by atoms with Crippen LogP contribution in [0.4, 0.5) is 13.2 Å². The van der Waals surface area contributed by atoms with E-state index in [0.717, 1.165) is 12.1 Å². The van der Waals surface area contributed by atoms with Gasteiger partial charge in [-0.3, -0.25) is 0 Å². The zero-order valence-electron chi connectivity index (χ0n) is 8.21. The van der Waals surface area contributed by atoms with Gasteiger partial charge in [-0.1, -0.05) is 12.1 Å². The molecule has 0 aromatic heterocycles. The minimum Gasteiger partial charge on any atom is -0.211 e. The Kier molecular flexibility index (Phi) is 2.35. The van der Waals surface area contributed by atoms with Crippen LogP contribution in [0.2, 0.25) is 0 Å². The number of aliphatic imine (C=N–C) groups is 1. The van der Waals surface area contributed by atoms with Crippen LogP contribution in [0.25, 0.3) is 0 Å². The fraction of sp³-hybridized carbons (Fsp3) is 0.364. The number of alkyl halides is 2. The topological polar surface area (TPSA) is 29.4 Å². The maximum atomic E-state index is 12.9. The first-order valence-corrected chi connectivity index (χ1v) is 4.70. The lowest BCUT2D eigenvalue weighted by molar-refractivity contribution is -0.124. The van der Waals surface area contributed by atoms with Crippen molar-refractivity contribution >= 4 is 6.08 Å². The average Bonchev–Trinajstić information content (AvgIpc) is 2.16. The van der Waals surface area contributed by atoms with Gasteiger partial charge in [-0.2, -0.15) is 4.99 Å². The molecular weight excluding hydrogens is 219 g/mol. The molecule has 16 heavy (non-hydrogen) atoms. The van der Waals surface area contributed by atoms with Crippen LogP contribution in [-0.4, -0.2) is 12.0 Å². The number of halogens is 3. The first kappa shape index (κ1) is 10.9. The Hall–Kier alpha value is -1.61. The van der Waals surface area contributed by atoms with Crippen molar-refractivity contribution in [2.45, 2.75) is 24.3 Å². The molecule has 1 saturated carbocycles. The first-order chi connectivity index (χ1) is 7.47. The SMILES string of the molecule is O=C=NC1(c2ccc(F)cc2)CC(F)(F)C1. The molecule has 0 aliphatic heterocycles. The highest BCUT2D eigenvalue weighted by atomic mass is 19.3. The standard InChI is InChI=1S/C11H8F3NO/c12-9-3-1-8(2-4-9)10(15-7-16)5-11(13,14)6-10/h1-4H,5-6H2. The molecule has 0 heterocycles. The molecule has 1 aromatic carbocycles. The molecule has 0 saturated heterocycles. The number of isocyanates is 1. The summed E-state index contributed by atoms with van der Waals surface area (Å²) in [6, 6.07) is 5.05. The second-order valence-electron chi connectivity index (χ2n) is 3.95. The van der Waals surface area contributed by atoms with Crippen LogP contribution in [0.5, 0.6) is 0 Å². The van der Waals surface area contributed by atoms with Crippen LogP contribution in [-0.2, 0) is 10.3 Å². The third-order valence-electron chi connectivity index (χ3n) is 2.74. The van der Waals surface area contributed by atoms with E-state index in [9.17, 15) is 18.0 Å². The summed E-state index contributed by atoms with van der Waals surface area (Å²) in [5.41, 5.74) is -0.804. The summed E-state index contributed by atoms with van der Waals surface area (Å²) in [5, 5.41) is 0. The van der Waals surface area contributed by atoms with E-state index in [1.54, 1.807) is 0 Å². The number of hydrogen-bond donors (Lipinski definition) is 0. The van der Waals surface area contributed by atoms with E-state index < -0.39 is 30.1 Å². The Morgan fingerprint density at radius 3 is 2.19 bits per heavy atom. The summed E-state index contributed by atoms with van der Waals surface area (Å²) in [6.45, 7) is 0. The van der Waals surface area contributed by atoms with E-state index in [-0.39, 0.29) is 0 Å². The predicted molar refractivity (Wildman–Crippen MR) is 50.4 cm³/mol. The van der Waals surface area contributed by atoms with E-state index in [2.05, 4.69) is 4.99 Å². The Labute approximate surface area is 89.8 Å². The Bertz CT molecular complexity index is 441. The second-order valence-corrected chi connectivity index (χ2v) is 3.95. The maximum Gasteiger partial charge on any atom is 0.253 e. The van der Waals surface area contributed by atoms with Gasteiger partial charge in [0.1, 0.15) is 11.4 Å². The van der Waals surface area contributed by atoms with Crippen LogP contribution in [0.15, 0.2) is 29.3 Å². The Morgan fingerprint density at radius 2 is 1.75 bits per heavy atom. The zero-order valence-corrected chi connectivity index (χ0v) is 8.21. The lowest BCUT2D eigenvalue weighted by atomic mass is 9.69. The molecule has 0 bridgehead atoms. The largest absolute Gasteiger partial charge is 0.253 e. The molecule has 5 heteroatoms. The molecule has 1 fully saturated rings. The molecule has 2 nitrogen and oxygen atoms in total. The number of hydrogen-bond acceptors (Lipinski definition) is 2. The first-order valence-electron chi connectivity index (χ1n) is 4.70. The lowest BCUT2D eigenvalue weighted by Crippen LogP contribution is -2.48. The molecule has 1 aliphatic carbocycles. The van der Waals surface area contributed by atoms with Crippen molar-refractivity contribution in [3.63, 3.8) is 0 Å². The van der Waals surface area contributed by atoms with Gasteiger partial charge < -0.3 is 0 Å². The summed E-state index contributed by atoms with van der Waals surface area (Å²) < 4.78 is 38.4. The highest BCUT2D eigenvalue weighted by Gasteiger charge is 2.58. The maximum absolute atomic E-state index is 12.9. The Balaban J connectivity index is 2.35. The van der Waals surface area contributed by atoms with E-state index >= 15 is 0 Å². The van der Waals surface area contributed by atoms with Gasteiger partial charge in [0, 0.05) is 12.8 Å². The van der Waals surface area contributed by atoms with Gasteiger partial charge in [-0.15, -0.1) is 0 Å². The smallest absolute Gasteiger partial charge is 0.211 e. The minimum atomic E-state index is -2.81. The minimum absolute atomic E-state index is 0.420. The summed E-state index contributed by atoms with van der Waals surface area (Å²) in [7, 11) is 0. The molecule has 84 valence electrons. The molecule has 0 unspecified atom stereocenters. The lowest BCUT2D eigenvalue weighted by Gasteiger charge is -2.43. The van der Waals surface area contributed by atoms with E-state index in [4.69, 9.17) is 0 Å². The molecule has 0 radical (unpaired) electrons. The monoisotopic (exact) mass is 227 g/mol. The fourth-order valence-electron chi connectivity index (χ4n) is 2.00. The van der Waals surface area contributed by atoms with Crippen molar-refractivity contribution in [3.05, 3.63) is 35.6 Å². The third kappa shape index (κ3) is 1.74. The van der Waals surface area contributed by atoms with Crippen LogP contribution in [0, 0.1) is 5.82 Å². The summed E-state index contributed by atoms with van der Waals surface area (Å²) >= 11 is 0. The quantitative estimate of drug-likeness (QED) is 0.564. The molecule has 1 aromatic rings. The number of nitrogens with zero attached hydrogens (tertiary/aromatic N) is 1. The second kappa shape index (κ2) is 3.46. The van der Waals surface area contributed by atoms with Crippen LogP contribution in [0.1, 0.15) is 18.4 Å². The van der Waals surface area contributed by atoms with Crippen molar-refractivity contribution in [1.82, 2.24) is 0 Å². The number of benzene rings is 1. The van der Waals surface area contributed by atoms with E-state index in [1.165, 1.54) is 18.2 Å². The molecule has 0 atom stereocenters. The van der Waals surface area contributed by atoms with Crippen molar-refractivity contribution in [1.29, 1.82) is 0 Å². The van der Waals surface area contributed by atoms with Crippen molar-refractivity contribution in [2.75, 3.05) is 0 Å². The average molecular weight is 227 g/mol. The normalized spacial score (nSPS) is 20.7. The molecular formula is C11H8F3NO. The van der Waals surface area contributed by atoms with Crippen LogP contribution >= 0.6 is 0 Å². The van der Waals surface area contributed by atoms with Gasteiger partial charge in [0.15, 0.2) is 0 Å². The molecule has 0 spiro atoms. The molecule has 0 N–H and O–H groups in total. The van der Waals surface area contributed by atoms with Gasteiger partial charge in [0.05, 0.1) is 0 Å². The van der Waals surface area contributed by atoms with Gasteiger partial charge in [0.25, 0.3) is 5.92 Å². The van der Waals surface area contributed by atoms with Gasteiger partial charge in [-0.25, -0.2) is 18.0 Å². The summed E-state index contributed by atoms with van der Waals surface area (Å²) in [6.07, 6.45) is 0.255. The summed E-state index contributed by atoms with van der Waals surface area (Å²) in [5.74, 6) is -3.27. The van der Waals surface area contributed by atoms with Gasteiger partial charge in [-0.05, 0) is 17.7 Å². The van der Waals surface area contributed by atoms with Crippen molar-refractivity contribution in [2.24, 2.45) is 4.99 Å². The Morgan fingerprint density at radius 1 is 1.19 bits per heavy atom. The van der Waals surface area contributed by atoms with Crippen LogP contribution < -0.4 is 0 Å². The van der Waals surface area contributed by atoms with Gasteiger partial charge in [0.2, 0.25) is 6.08 Å². The van der Waals surface area contributed by atoms with Gasteiger partial charge >= 0.3 is 0 Å². The predicted octanol–water partition coefficient (Wildman–Crippen LogP) is 2.79. The summed E-state index contributed by atoms with van der Waals surface area (Å²) in [4.78, 5) is 13.7. The van der Waals surface area contributed by atoms with E-state index in [1.807, 2.05) is 0 Å². The highest BCUT2D eigenvalue weighted by molar-refractivity contribution is 5.40. The molecule has 1 aliphatic rings. The highest BCUT2D eigenvalue weighted by Crippen LogP contribution is 2.54. The van der Waals surface area contributed by atoms with Crippen molar-refractivity contribution < 1.29 is 18.0 Å². The zero-order chi connectivity index (χ0) is 11.8. The van der Waals surface area contributed by atoms with Crippen molar-refractivity contribution in [3.8, 4) is 0 Å². The fourth-order valence-corrected chi connectivity index (χ4v) is 2.00. The molecule has 2 rings (SSSR count). The number of carbonyl (C=O) groups excluding carboxylic acids is 1. The third-order valence-corrected chi connectivity index (χ3v) is 2.74.